The van der Waals surface area contributed by atoms with Crippen molar-refractivity contribution in [1.29, 1.82) is 0 Å². The number of ether oxygens (including phenoxy) is 1. The molecule has 0 bridgehead atoms. The summed E-state index contributed by atoms with van der Waals surface area (Å²) in [6.45, 7) is 4.96. The Labute approximate surface area is 179 Å². The van der Waals surface area contributed by atoms with Gasteiger partial charge in [0.2, 0.25) is 5.91 Å². The van der Waals surface area contributed by atoms with Crippen molar-refractivity contribution in [2.45, 2.75) is 39.0 Å². The Morgan fingerprint density at radius 2 is 2.07 bits per heavy atom. The second-order valence-corrected chi connectivity index (χ2v) is 7.41. The van der Waals surface area contributed by atoms with Crippen LogP contribution in [-0.4, -0.2) is 50.1 Å². The number of likely N-dealkylation sites (tertiary alicyclic amines) is 1. The fourth-order valence-corrected chi connectivity index (χ4v) is 4.18. The van der Waals surface area contributed by atoms with Crippen LogP contribution in [0.15, 0.2) is 29.3 Å². The van der Waals surface area contributed by atoms with Crippen molar-refractivity contribution in [2.75, 3.05) is 38.6 Å². The summed E-state index contributed by atoms with van der Waals surface area (Å²) in [6.07, 6.45) is 6.79. The second kappa shape index (κ2) is 10.1. The average molecular weight is 486 g/mol. The molecule has 1 saturated carbocycles. The van der Waals surface area contributed by atoms with Crippen molar-refractivity contribution in [1.82, 2.24) is 10.2 Å². The fraction of sp³-hybridized carbons (Fsp3) is 0.600. The maximum Gasteiger partial charge on any atom is 0.221 e. The summed E-state index contributed by atoms with van der Waals surface area (Å²) in [5.41, 5.74) is 1.29. The van der Waals surface area contributed by atoms with E-state index in [9.17, 15) is 4.79 Å². The Kier molecular flexibility index (Phi) is 8.19. The van der Waals surface area contributed by atoms with E-state index < -0.39 is 0 Å². The van der Waals surface area contributed by atoms with Gasteiger partial charge in [0, 0.05) is 38.8 Å². The molecular formula is C20H31IN4O2. The zero-order valence-electron chi connectivity index (χ0n) is 16.3. The van der Waals surface area contributed by atoms with Crippen molar-refractivity contribution >= 4 is 41.5 Å². The predicted octanol–water partition coefficient (Wildman–Crippen LogP) is 3.48. The molecule has 1 aliphatic carbocycles. The molecule has 6 nitrogen and oxygen atoms in total. The van der Waals surface area contributed by atoms with Crippen LogP contribution in [0, 0.1) is 5.41 Å². The van der Waals surface area contributed by atoms with Gasteiger partial charge in [-0.2, -0.15) is 0 Å². The molecule has 1 spiro atoms. The number of carbonyl (C=O) groups excluding carboxylic acids is 1. The number of nitrogens with zero attached hydrogens (tertiary/aromatic N) is 2. The number of rotatable bonds is 5. The maximum atomic E-state index is 11.1. The van der Waals surface area contributed by atoms with Crippen LogP contribution in [0.1, 0.15) is 39.0 Å². The third kappa shape index (κ3) is 5.99. The predicted molar refractivity (Wildman–Crippen MR) is 120 cm³/mol. The lowest BCUT2D eigenvalue weighted by Gasteiger charge is -2.25. The Morgan fingerprint density at radius 3 is 2.78 bits per heavy atom. The van der Waals surface area contributed by atoms with Crippen LogP contribution in [-0.2, 0) is 4.79 Å². The molecule has 3 rings (SSSR count). The van der Waals surface area contributed by atoms with Crippen LogP contribution in [0.25, 0.3) is 0 Å². The first kappa shape index (κ1) is 21.8. The van der Waals surface area contributed by atoms with E-state index in [0.29, 0.717) is 18.6 Å². The monoisotopic (exact) mass is 486 g/mol. The number of carbonyl (C=O) groups is 1. The third-order valence-corrected chi connectivity index (χ3v) is 5.42. The Hall–Kier alpha value is -1.51. The summed E-state index contributed by atoms with van der Waals surface area (Å²) < 4.78 is 5.79. The Morgan fingerprint density at radius 1 is 1.30 bits per heavy atom. The molecule has 1 amide bonds. The van der Waals surface area contributed by atoms with Crippen molar-refractivity contribution < 1.29 is 9.53 Å². The molecule has 0 atom stereocenters. The smallest absolute Gasteiger partial charge is 0.221 e. The number of amides is 1. The van der Waals surface area contributed by atoms with Gasteiger partial charge in [-0.3, -0.25) is 9.79 Å². The van der Waals surface area contributed by atoms with Gasteiger partial charge in [0.25, 0.3) is 0 Å². The van der Waals surface area contributed by atoms with Crippen molar-refractivity contribution in [3.8, 4) is 5.75 Å². The lowest BCUT2D eigenvalue weighted by molar-refractivity contribution is -0.114. The molecule has 1 aromatic rings. The van der Waals surface area contributed by atoms with E-state index in [1.54, 1.807) is 0 Å². The summed E-state index contributed by atoms with van der Waals surface area (Å²) in [5.74, 6) is 1.64. The highest BCUT2D eigenvalue weighted by Gasteiger charge is 2.40. The first-order valence-corrected chi connectivity index (χ1v) is 9.56. The number of nitrogens with one attached hydrogen (secondary N) is 2. The van der Waals surface area contributed by atoms with Crippen molar-refractivity contribution in [2.24, 2.45) is 10.4 Å². The molecule has 150 valence electrons. The zero-order chi connectivity index (χ0) is 18.4. The summed E-state index contributed by atoms with van der Waals surface area (Å²) in [7, 11) is 1.85. The third-order valence-electron chi connectivity index (χ3n) is 5.42. The van der Waals surface area contributed by atoms with Gasteiger partial charge in [-0.25, -0.2) is 0 Å². The quantitative estimate of drug-likeness (QED) is 0.290. The second-order valence-electron chi connectivity index (χ2n) is 7.41. The molecule has 2 N–H and O–H groups in total. The molecular weight excluding hydrogens is 455 g/mol. The van der Waals surface area contributed by atoms with Gasteiger partial charge in [-0.15, -0.1) is 24.0 Å². The number of halogens is 1. The molecule has 1 aliphatic heterocycles. The average Bonchev–Trinajstić information content (AvgIpc) is 3.25. The minimum absolute atomic E-state index is 0. The van der Waals surface area contributed by atoms with Gasteiger partial charge in [0.15, 0.2) is 5.96 Å². The van der Waals surface area contributed by atoms with Gasteiger partial charge in [0.1, 0.15) is 12.4 Å². The first-order chi connectivity index (χ1) is 12.6. The summed E-state index contributed by atoms with van der Waals surface area (Å²) >= 11 is 0. The van der Waals surface area contributed by atoms with Crippen LogP contribution < -0.4 is 15.4 Å². The van der Waals surface area contributed by atoms with Gasteiger partial charge in [-0.1, -0.05) is 18.9 Å². The van der Waals surface area contributed by atoms with E-state index in [1.165, 1.54) is 39.0 Å². The number of guanidine groups is 1. The topological polar surface area (TPSA) is 66.0 Å². The minimum atomic E-state index is -0.0849. The Bertz CT molecular complexity index is 659. The highest BCUT2D eigenvalue weighted by atomic mass is 127. The van der Waals surface area contributed by atoms with E-state index in [4.69, 9.17) is 4.74 Å². The van der Waals surface area contributed by atoms with Crippen LogP contribution in [0.3, 0.4) is 0 Å². The molecule has 1 heterocycles. The lowest BCUT2D eigenvalue weighted by Crippen LogP contribution is -2.42. The maximum absolute atomic E-state index is 11.1. The lowest BCUT2D eigenvalue weighted by atomic mass is 9.86. The van der Waals surface area contributed by atoms with Crippen LogP contribution in [0.4, 0.5) is 5.69 Å². The van der Waals surface area contributed by atoms with E-state index in [0.717, 1.165) is 30.5 Å². The van der Waals surface area contributed by atoms with Crippen molar-refractivity contribution in [3.05, 3.63) is 24.3 Å². The molecule has 27 heavy (non-hydrogen) atoms. The van der Waals surface area contributed by atoms with Gasteiger partial charge in [-0.05, 0) is 36.8 Å². The SMILES string of the molecule is CN=C(NCCOc1cccc(NC(C)=O)c1)N1CCC2(CCCC2)C1.I. The number of benzene rings is 1. The summed E-state index contributed by atoms with van der Waals surface area (Å²) in [5, 5.41) is 6.18. The first-order valence-electron chi connectivity index (χ1n) is 9.56. The van der Waals surface area contributed by atoms with E-state index in [2.05, 4.69) is 20.5 Å². The van der Waals surface area contributed by atoms with Crippen LogP contribution in [0.5, 0.6) is 5.75 Å². The fourth-order valence-electron chi connectivity index (χ4n) is 4.18. The molecule has 7 heteroatoms. The van der Waals surface area contributed by atoms with Crippen LogP contribution >= 0.6 is 24.0 Å². The number of hydrogen-bond acceptors (Lipinski definition) is 3. The highest BCUT2D eigenvalue weighted by molar-refractivity contribution is 14.0. The van der Waals surface area contributed by atoms with E-state index in [-0.39, 0.29) is 29.9 Å². The van der Waals surface area contributed by atoms with E-state index >= 15 is 0 Å². The normalized spacial score (nSPS) is 18.3. The van der Waals surface area contributed by atoms with Gasteiger partial charge >= 0.3 is 0 Å². The van der Waals surface area contributed by atoms with Gasteiger partial charge < -0.3 is 20.3 Å². The molecule has 2 fully saturated rings. The molecule has 0 aromatic heterocycles. The van der Waals surface area contributed by atoms with E-state index in [1.807, 2.05) is 31.3 Å². The summed E-state index contributed by atoms with van der Waals surface area (Å²) in [6, 6.07) is 7.45. The summed E-state index contributed by atoms with van der Waals surface area (Å²) in [4.78, 5) is 18.0. The minimum Gasteiger partial charge on any atom is -0.492 e. The van der Waals surface area contributed by atoms with Crippen LogP contribution in [0.2, 0.25) is 0 Å². The highest BCUT2D eigenvalue weighted by Crippen LogP contribution is 2.45. The molecule has 0 radical (unpaired) electrons. The number of hydrogen-bond donors (Lipinski definition) is 2. The largest absolute Gasteiger partial charge is 0.492 e. The number of anilines is 1. The zero-order valence-corrected chi connectivity index (χ0v) is 18.6. The molecule has 2 aliphatic rings. The van der Waals surface area contributed by atoms with Crippen molar-refractivity contribution in [3.63, 3.8) is 0 Å². The molecule has 1 aromatic carbocycles. The molecule has 0 unspecified atom stereocenters. The standard InChI is InChI=1S/C20H30N4O2.HI/c1-16(25)23-17-6-5-7-18(14-17)26-13-11-22-19(21-2)24-12-10-20(15-24)8-3-4-9-20;/h5-7,14H,3-4,8-13,15H2,1-2H3,(H,21,22)(H,23,25);1H. The number of aliphatic imine (C=N–C) groups is 1. The van der Waals surface area contributed by atoms with Gasteiger partial charge in [0.05, 0.1) is 6.54 Å². The molecule has 1 saturated heterocycles. The Balaban J connectivity index is 0.00000261.